The third-order valence-electron chi connectivity index (χ3n) is 2.75. The lowest BCUT2D eigenvalue weighted by molar-refractivity contribution is -0.384. The summed E-state index contributed by atoms with van der Waals surface area (Å²) in [7, 11) is 0. The van der Waals surface area contributed by atoms with E-state index in [1.54, 1.807) is 24.3 Å². The monoisotopic (exact) mass is 272 g/mol. The molecule has 0 aliphatic carbocycles. The normalized spacial score (nSPS) is 10.0. The Morgan fingerprint density at radius 3 is 2.40 bits per heavy atom. The van der Waals surface area contributed by atoms with E-state index in [1.807, 2.05) is 12.1 Å². The Morgan fingerprint density at radius 1 is 1.15 bits per heavy atom. The van der Waals surface area contributed by atoms with E-state index < -0.39 is 10.9 Å². The van der Waals surface area contributed by atoms with Crippen LogP contribution in [0, 0.1) is 10.1 Å². The van der Waals surface area contributed by atoms with Gasteiger partial charge in [-0.05, 0) is 23.8 Å². The van der Waals surface area contributed by atoms with E-state index in [9.17, 15) is 14.9 Å². The standard InChI is InChI=1S/C14H12N2O4/c17-14(18)9-15-13-4-2-1-3-12(13)10-5-7-11(8-6-10)16(19)20/h1-8,15H,9H2,(H,17,18). The number of non-ortho nitro benzene ring substituents is 1. The van der Waals surface area contributed by atoms with Gasteiger partial charge in [0.15, 0.2) is 0 Å². The van der Waals surface area contributed by atoms with Crippen molar-refractivity contribution in [1.82, 2.24) is 0 Å². The molecule has 0 bridgehead atoms. The topological polar surface area (TPSA) is 92.5 Å². The van der Waals surface area contributed by atoms with Gasteiger partial charge in [0.1, 0.15) is 6.54 Å². The van der Waals surface area contributed by atoms with Gasteiger partial charge in [0.25, 0.3) is 5.69 Å². The number of carbonyl (C=O) groups is 1. The quantitative estimate of drug-likeness (QED) is 0.645. The van der Waals surface area contributed by atoms with Gasteiger partial charge in [0.05, 0.1) is 4.92 Å². The van der Waals surface area contributed by atoms with E-state index in [0.717, 1.165) is 11.1 Å². The van der Waals surface area contributed by atoms with Crippen LogP contribution in [0.4, 0.5) is 11.4 Å². The van der Waals surface area contributed by atoms with Gasteiger partial charge in [-0.1, -0.05) is 18.2 Å². The van der Waals surface area contributed by atoms with Crippen molar-refractivity contribution in [3.05, 3.63) is 58.6 Å². The van der Waals surface area contributed by atoms with Crippen LogP contribution in [0.2, 0.25) is 0 Å². The molecule has 0 spiro atoms. The molecular formula is C14H12N2O4. The van der Waals surface area contributed by atoms with E-state index in [2.05, 4.69) is 5.32 Å². The number of hydrogen-bond donors (Lipinski definition) is 2. The number of carboxylic acids is 1. The number of nitrogens with one attached hydrogen (secondary N) is 1. The Bertz CT molecular complexity index is 638. The smallest absolute Gasteiger partial charge is 0.322 e. The maximum absolute atomic E-state index is 10.6. The fraction of sp³-hybridized carbons (Fsp3) is 0.0714. The van der Waals surface area contributed by atoms with Crippen LogP contribution in [0.1, 0.15) is 0 Å². The molecule has 0 aliphatic rings. The highest BCUT2D eigenvalue weighted by Gasteiger charge is 2.08. The van der Waals surface area contributed by atoms with Crippen LogP contribution >= 0.6 is 0 Å². The molecule has 6 heteroatoms. The lowest BCUT2D eigenvalue weighted by Gasteiger charge is -2.10. The van der Waals surface area contributed by atoms with Crippen LogP contribution in [-0.2, 0) is 4.79 Å². The number of nitro benzene ring substituents is 1. The van der Waals surface area contributed by atoms with Crippen molar-refractivity contribution < 1.29 is 14.8 Å². The van der Waals surface area contributed by atoms with Crippen molar-refractivity contribution in [3.8, 4) is 11.1 Å². The zero-order chi connectivity index (χ0) is 14.5. The van der Waals surface area contributed by atoms with E-state index >= 15 is 0 Å². The zero-order valence-electron chi connectivity index (χ0n) is 10.4. The van der Waals surface area contributed by atoms with Gasteiger partial charge in [-0.15, -0.1) is 0 Å². The number of nitrogens with zero attached hydrogens (tertiary/aromatic N) is 1. The molecule has 2 rings (SSSR count). The van der Waals surface area contributed by atoms with Gasteiger partial charge in [-0.2, -0.15) is 0 Å². The molecule has 0 unspecified atom stereocenters. The Hall–Kier alpha value is -2.89. The Balaban J connectivity index is 2.31. The maximum Gasteiger partial charge on any atom is 0.322 e. The van der Waals surface area contributed by atoms with Gasteiger partial charge < -0.3 is 10.4 Å². The summed E-state index contributed by atoms with van der Waals surface area (Å²) in [6.45, 7) is -0.190. The van der Waals surface area contributed by atoms with Gasteiger partial charge in [-0.3, -0.25) is 14.9 Å². The predicted octanol–water partition coefficient (Wildman–Crippen LogP) is 2.76. The first-order valence-electron chi connectivity index (χ1n) is 5.87. The molecular weight excluding hydrogens is 260 g/mol. The molecule has 2 aromatic rings. The van der Waals surface area contributed by atoms with Crippen molar-refractivity contribution in [1.29, 1.82) is 0 Å². The number of nitro groups is 1. The van der Waals surface area contributed by atoms with Crippen molar-refractivity contribution in [2.75, 3.05) is 11.9 Å². The minimum atomic E-state index is -0.955. The highest BCUT2D eigenvalue weighted by Crippen LogP contribution is 2.28. The SMILES string of the molecule is O=C(O)CNc1ccccc1-c1ccc([N+](=O)[O-])cc1. The number of benzene rings is 2. The molecule has 0 aromatic heterocycles. The first-order chi connectivity index (χ1) is 9.58. The molecule has 0 radical (unpaired) electrons. The number of para-hydroxylation sites is 1. The summed E-state index contributed by atoms with van der Waals surface area (Å²) in [4.78, 5) is 20.8. The number of anilines is 1. The largest absolute Gasteiger partial charge is 0.480 e. The van der Waals surface area contributed by atoms with E-state index in [-0.39, 0.29) is 12.2 Å². The summed E-state index contributed by atoms with van der Waals surface area (Å²) >= 11 is 0. The number of carboxylic acid groups (broad SMARTS) is 1. The summed E-state index contributed by atoms with van der Waals surface area (Å²) in [6, 6.07) is 13.3. The molecule has 0 saturated carbocycles. The lowest BCUT2D eigenvalue weighted by Crippen LogP contribution is -2.12. The van der Waals surface area contributed by atoms with Gasteiger partial charge in [0.2, 0.25) is 0 Å². The molecule has 6 nitrogen and oxygen atoms in total. The first kappa shape index (κ1) is 13.5. The molecule has 0 heterocycles. The van der Waals surface area contributed by atoms with Crippen LogP contribution in [0.3, 0.4) is 0 Å². The highest BCUT2D eigenvalue weighted by atomic mass is 16.6. The Kier molecular flexibility index (Phi) is 3.95. The van der Waals surface area contributed by atoms with Crippen molar-refractivity contribution in [2.24, 2.45) is 0 Å². The maximum atomic E-state index is 10.6. The number of rotatable bonds is 5. The molecule has 2 aromatic carbocycles. The number of aliphatic carboxylic acids is 1. The second-order valence-corrected chi connectivity index (χ2v) is 4.10. The lowest BCUT2D eigenvalue weighted by atomic mass is 10.0. The van der Waals surface area contributed by atoms with Crippen LogP contribution < -0.4 is 5.32 Å². The van der Waals surface area contributed by atoms with Crippen molar-refractivity contribution in [3.63, 3.8) is 0 Å². The van der Waals surface area contributed by atoms with Crippen molar-refractivity contribution in [2.45, 2.75) is 0 Å². The zero-order valence-corrected chi connectivity index (χ0v) is 10.4. The summed E-state index contributed by atoms with van der Waals surface area (Å²) in [6.07, 6.45) is 0. The van der Waals surface area contributed by atoms with Crippen LogP contribution in [0.15, 0.2) is 48.5 Å². The van der Waals surface area contributed by atoms with E-state index in [0.29, 0.717) is 5.69 Å². The fourth-order valence-electron chi connectivity index (χ4n) is 1.82. The summed E-state index contributed by atoms with van der Waals surface area (Å²) in [5.41, 5.74) is 2.27. The molecule has 0 aliphatic heterocycles. The second-order valence-electron chi connectivity index (χ2n) is 4.10. The third kappa shape index (κ3) is 3.11. The number of hydrogen-bond acceptors (Lipinski definition) is 4. The van der Waals surface area contributed by atoms with Crippen LogP contribution in [0.5, 0.6) is 0 Å². The average molecular weight is 272 g/mol. The Morgan fingerprint density at radius 2 is 1.80 bits per heavy atom. The van der Waals surface area contributed by atoms with Gasteiger partial charge in [-0.25, -0.2) is 0 Å². The minimum Gasteiger partial charge on any atom is -0.480 e. The molecule has 0 saturated heterocycles. The summed E-state index contributed by atoms with van der Waals surface area (Å²) in [5, 5.41) is 22.1. The van der Waals surface area contributed by atoms with Crippen LogP contribution in [0.25, 0.3) is 11.1 Å². The first-order valence-corrected chi connectivity index (χ1v) is 5.87. The van der Waals surface area contributed by atoms with E-state index in [4.69, 9.17) is 5.11 Å². The fourth-order valence-corrected chi connectivity index (χ4v) is 1.82. The molecule has 0 fully saturated rings. The third-order valence-corrected chi connectivity index (χ3v) is 2.75. The van der Waals surface area contributed by atoms with Gasteiger partial charge >= 0.3 is 5.97 Å². The summed E-state index contributed by atoms with van der Waals surface area (Å²) in [5.74, 6) is -0.955. The van der Waals surface area contributed by atoms with Gasteiger partial charge in [0, 0.05) is 23.4 Å². The predicted molar refractivity (Wildman–Crippen MR) is 74.7 cm³/mol. The second kappa shape index (κ2) is 5.83. The van der Waals surface area contributed by atoms with Crippen molar-refractivity contribution >= 4 is 17.3 Å². The molecule has 102 valence electrons. The summed E-state index contributed by atoms with van der Waals surface area (Å²) < 4.78 is 0. The molecule has 0 atom stereocenters. The minimum absolute atomic E-state index is 0.0183. The molecule has 2 N–H and O–H groups in total. The average Bonchev–Trinajstić information content (AvgIpc) is 2.45. The Labute approximate surface area is 114 Å². The highest BCUT2D eigenvalue weighted by molar-refractivity contribution is 5.81. The molecule has 0 amide bonds. The van der Waals surface area contributed by atoms with Crippen LogP contribution in [-0.4, -0.2) is 22.5 Å². The molecule has 20 heavy (non-hydrogen) atoms. The van der Waals surface area contributed by atoms with E-state index in [1.165, 1.54) is 12.1 Å².